The Bertz CT molecular complexity index is 1020. The molecule has 4 rings (SSSR count). The summed E-state index contributed by atoms with van der Waals surface area (Å²) >= 11 is 0. The largest absolute Gasteiger partial charge is 0.480 e. The molecule has 2 aliphatic rings. The lowest BCUT2D eigenvalue weighted by atomic mass is 9.94. The van der Waals surface area contributed by atoms with Gasteiger partial charge < -0.3 is 20.5 Å². The van der Waals surface area contributed by atoms with Gasteiger partial charge in [-0.3, -0.25) is 4.79 Å². The number of hydrogen-bond acceptors (Lipinski definition) is 4. The second kappa shape index (κ2) is 10.3. The van der Waals surface area contributed by atoms with E-state index in [0.717, 1.165) is 24.0 Å². The van der Waals surface area contributed by atoms with Gasteiger partial charge in [0.15, 0.2) is 0 Å². The first kappa shape index (κ1) is 23.8. The summed E-state index contributed by atoms with van der Waals surface area (Å²) < 4.78 is 5.59. The predicted molar refractivity (Wildman–Crippen MR) is 128 cm³/mol. The highest BCUT2D eigenvalue weighted by Crippen LogP contribution is 2.44. The van der Waals surface area contributed by atoms with Crippen LogP contribution in [0.1, 0.15) is 50.2 Å². The van der Waals surface area contributed by atoms with Gasteiger partial charge in [0.25, 0.3) is 0 Å². The van der Waals surface area contributed by atoms with Gasteiger partial charge in [-0.25, -0.2) is 9.59 Å². The molecule has 0 aromatic heterocycles. The van der Waals surface area contributed by atoms with Crippen LogP contribution in [0.4, 0.5) is 4.79 Å². The van der Waals surface area contributed by atoms with Gasteiger partial charge in [0.2, 0.25) is 5.91 Å². The highest BCUT2D eigenvalue weighted by Gasteiger charge is 2.36. The van der Waals surface area contributed by atoms with E-state index in [4.69, 9.17) is 4.74 Å². The van der Waals surface area contributed by atoms with Crippen LogP contribution < -0.4 is 10.6 Å². The summed E-state index contributed by atoms with van der Waals surface area (Å²) in [4.78, 5) is 36.7. The van der Waals surface area contributed by atoms with E-state index in [9.17, 15) is 19.5 Å². The van der Waals surface area contributed by atoms with Crippen molar-refractivity contribution in [1.29, 1.82) is 0 Å². The van der Waals surface area contributed by atoms with Crippen molar-refractivity contribution >= 4 is 18.0 Å². The number of aliphatic carboxylic acids is 1. The summed E-state index contributed by atoms with van der Waals surface area (Å²) in [6.45, 7) is 4.10. The molecule has 3 N–H and O–H groups in total. The van der Waals surface area contributed by atoms with Crippen molar-refractivity contribution in [3.8, 4) is 11.1 Å². The molecule has 1 fully saturated rings. The second-order valence-corrected chi connectivity index (χ2v) is 9.57. The van der Waals surface area contributed by atoms with Gasteiger partial charge in [0, 0.05) is 18.4 Å². The molecule has 0 heterocycles. The highest BCUT2D eigenvalue weighted by molar-refractivity contribution is 5.85. The summed E-state index contributed by atoms with van der Waals surface area (Å²) in [6.07, 6.45) is 1.86. The molecule has 0 radical (unpaired) electrons. The van der Waals surface area contributed by atoms with Crippen molar-refractivity contribution in [2.45, 2.75) is 45.1 Å². The minimum Gasteiger partial charge on any atom is -0.480 e. The molecule has 0 saturated heterocycles. The van der Waals surface area contributed by atoms with Gasteiger partial charge in [-0.1, -0.05) is 68.8 Å². The highest BCUT2D eigenvalue weighted by atomic mass is 16.5. The number of ether oxygens (including phenoxy) is 1. The Balaban J connectivity index is 1.31. The zero-order valence-electron chi connectivity index (χ0n) is 19.6. The zero-order valence-corrected chi connectivity index (χ0v) is 19.6. The summed E-state index contributed by atoms with van der Waals surface area (Å²) in [5, 5.41) is 14.9. The number of nitrogens with one attached hydrogen (secondary N) is 2. The fourth-order valence-corrected chi connectivity index (χ4v) is 5.26. The van der Waals surface area contributed by atoms with Gasteiger partial charge in [-0.2, -0.15) is 0 Å². The molecule has 2 amide bonds. The number of carbonyl (C=O) groups excluding carboxylic acids is 2. The number of carbonyl (C=O) groups is 3. The fourth-order valence-electron chi connectivity index (χ4n) is 5.26. The molecule has 2 aromatic carbocycles. The minimum absolute atomic E-state index is 0.00728. The summed E-state index contributed by atoms with van der Waals surface area (Å²) in [6, 6.07) is 15.4. The number of carboxylic acid groups (broad SMARTS) is 1. The Morgan fingerprint density at radius 2 is 1.62 bits per heavy atom. The smallest absolute Gasteiger partial charge is 0.407 e. The average molecular weight is 465 g/mol. The molecular formula is C27H32N2O5. The van der Waals surface area contributed by atoms with Crippen molar-refractivity contribution in [3.05, 3.63) is 59.7 Å². The third-order valence-corrected chi connectivity index (χ3v) is 7.08. The summed E-state index contributed by atoms with van der Waals surface area (Å²) in [5.74, 6) is -1.85. The first-order valence-electron chi connectivity index (χ1n) is 12.0. The Kier molecular flexibility index (Phi) is 7.20. The molecule has 2 aromatic rings. The maximum Gasteiger partial charge on any atom is 0.407 e. The van der Waals surface area contributed by atoms with Crippen molar-refractivity contribution in [3.63, 3.8) is 0 Å². The van der Waals surface area contributed by atoms with E-state index in [2.05, 4.69) is 34.9 Å². The molecule has 2 unspecified atom stereocenters. The van der Waals surface area contributed by atoms with E-state index >= 15 is 0 Å². The van der Waals surface area contributed by atoms with Gasteiger partial charge in [0.1, 0.15) is 12.6 Å². The molecule has 2 aliphatic carbocycles. The molecule has 3 atom stereocenters. The van der Waals surface area contributed by atoms with Crippen molar-refractivity contribution < 1.29 is 24.2 Å². The van der Waals surface area contributed by atoms with Gasteiger partial charge in [0.05, 0.1) is 0 Å². The van der Waals surface area contributed by atoms with Gasteiger partial charge >= 0.3 is 12.1 Å². The van der Waals surface area contributed by atoms with Crippen molar-refractivity contribution in [2.75, 3.05) is 13.2 Å². The monoisotopic (exact) mass is 464 g/mol. The lowest BCUT2D eigenvalue weighted by Gasteiger charge is -2.24. The first-order chi connectivity index (χ1) is 16.4. The molecule has 0 bridgehead atoms. The van der Waals surface area contributed by atoms with Crippen molar-refractivity contribution in [1.82, 2.24) is 10.6 Å². The van der Waals surface area contributed by atoms with Crippen LogP contribution in [0.3, 0.4) is 0 Å². The van der Waals surface area contributed by atoms with Crippen LogP contribution in [0.25, 0.3) is 11.1 Å². The quantitative estimate of drug-likeness (QED) is 0.544. The van der Waals surface area contributed by atoms with E-state index in [1.54, 1.807) is 13.8 Å². The fraction of sp³-hybridized carbons (Fsp3) is 0.444. The lowest BCUT2D eigenvalue weighted by molar-refractivity contribution is -0.144. The standard InChI is InChI=1S/C27H32N2O5/c1-16(2)24(26(31)32)29-25(30)18-13-7-8-17(18)14-28-27(33)34-15-23-21-11-5-3-9-19(21)20-10-4-6-12-22(20)23/h3-6,9-12,16-18,23-24H,7-8,13-15H2,1-2H3,(H,28,33)(H,29,30)(H,31,32)/t17?,18?,24-/m1/s1. The van der Waals surface area contributed by atoms with Crippen LogP contribution in [0, 0.1) is 17.8 Å². The Hall–Kier alpha value is -3.35. The maximum absolute atomic E-state index is 12.7. The summed E-state index contributed by atoms with van der Waals surface area (Å²) in [5.41, 5.74) is 4.66. The van der Waals surface area contributed by atoms with Crippen LogP contribution in [0.2, 0.25) is 0 Å². The van der Waals surface area contributed by atoms with E-state index in [1.165, 1.54) is 11.1 Å². The average Bonchev–Trinajstić information content (AvgIpc) is 3.42. The van der Waals surface area contributed by atoms with E-state index in [0.29, 0.717) is 13.0 Å². The predicted octanol–water partition coefficient (Wildman–Crippen LogP) is 4.17. The number of alkyl carbamates (subject to hydrolysis) is 1. The number of rotatable bonds is 8. The molecule has 1 saturated carbocycles. The number of hydrogen-bond donors (Lipinski definition) is 3. The molecule has 0 spiro atoms. The van der Waals surface area contributed by atoms with Crippen LogP contribution in [-0.4, -0.2) is 42.3 Å². The maximum atomic E-state index is 12.7. The normalized spacial score (nSPS) is 19.9. The molecule has 34 heavy (non-hydrogen) atoms. The third-order valence-electron chi connectivity index (χ3n) is 7.08. The minimum atomic E-state index is -1.03. The molecular weight excluding hydrogens is 432 g/mol. The van der Waals surface area contributed by atoms with E-state index in [1.807, 2.05) is 24.3 Å². The van der Waals surface area contributed by atoms with Crippen LogP contribution >= 0.6 is 0 Å². The van der Waals surface area contributed by atoms with Crippen LogP contribution in [0.15, 0.2) is 48.5 Å². The first-order valence-corrected chi connectivity index (χ1v) is 12.0. The SMILES string of the molecule is CC(C)[C@@H](NC(=O)C1CCCC1CNC(=O)OCC1c2ccccc2-c2ccccc21)C(=O)O. The molecule has 0 aliphatic heterocycles. The third kappa shape index (κ3) is 4.93. The van der Waals surface area contributed by atoms with Crippen LogP contribution in [-0.2, 0) is 14.3 Å². The topological polar surface area (TPSA) is 105 Å². The van der Waals surface area contributed by atoms with Gasteiger partial charge in [-0.05, 0) is 46.9 Å². The van der Waals surface area contributed by atoms with E-state index in [-0.39, 0.29) is 36.2 Å². The zero-order chi connectivity index (χ0) is 24.2. The summed E-state index contributed by atoms with van der Waals surface area (Å²) in [7, 11) is 0. The van der Waals surface area contributed by atoms with Crippen molar-refractivity contribution in [2.24, 2.45) is 17.8 Å². The number of benzene rings is 2. The Morgan fingerprint density at radius 3 is 2.21 bits per heavy atom. The number of amides is 2. The number of fused-ring (bicyclic) bond motifs is 3. The van der Waals surface area contributed by atoms with Crippen LogP contribution in [0.5, 0.6) is 0 Å². The molecule has 7 nitrogen and oxygen atoms in total. The second-order valence-electron chi connectivity index (χ2n) is 9.57. The number of carboxylic acids is 1. The lowest BCUT2D eigenvalue weighted by Crippen LogP contribution is -2.48. The molecule has 7 heteroatoms. The Labute approximate surface area is 199 Å². The van der Waals surface area contributed by atoms with Gasteiger partial charge in [-0.15, -0.1) is 0 Å². The Morgan fingerprint density at radius 1 is 1.00 bits per heavy atom. The molecule has 180 valence electrons. The van der Waals surface area contributed by atoms with E-state index < -0.39 is 18.1 Å².